The van der Waals surface area contributed by atoms with Gasteiger partial charge in [-0.1, -0.05) is 18.0 Å². The summed E-state index contributed by atoms with van der Waals surface area (Å²) in [7, 11) is 0. The third-order valence-corrected chi connectivity index (χ3v) is 4.20. The monoisotopic (exact) mass is 251 g/mol. The molecule has 1 aromatic rings. The van der Waals surface area contributed by atoms with Crippen molar-refractivity contribution >= 4 is 17.4 Å². The van der Waals surface area contributed by atoms with Gasteiger partial charge in [0.25, 0.3) is 0 Å². The molecule has 0 aliphatic heterocycles. The first-order chi connectivity index (χ1) is 8.24. The lowest BCUT2D eigenvalue weighted by molar-refractivity contribution is 0.333. The van der Waals surface area contributed by atoms with E-state index in [1.165, 1.54) is 32.1 Å². The molecular weight excluding hydrogens is 234 g/mol. The smallest absolute Gasteiger partial charge is 0.137 e. The van der Waals surface area contributed by atoms with Gasteiger partial charge in [0.1, 0.15) is 16.8 Å². The van der Waals surface area contributed by atoms with Crippen LogP contribution in [-0.4, -0.2) is 16.5 Å². The Hall–Kier alpha value is -0.830. The Morgan fingerprint density at radius 2 is 2.00 bits per heavy atom. The van der Waals surface area contributed by atoms with Gasteiger partial charge in [0.15, 0.2) is 0 Å². The van der Waals surface area contributed by atoms with Crippen LogP contribution >= 0.6 is 11.6 Å². The molecule has 0 aromatic carbocycles. The molecule has 1 heterocycles. The van der Waals surface area contributed by atoms with Gasteiger partial charge in [-0.05, 0) is 38.5 Å². The molecule has 2 saturated carbocycles. The topological polar surface area (TPSA) is 37.8 Å². The molecule has 3 rings (SSSR count). The summed E-state index contributed by atoms with van der Waals surface area (Å²) in [4.78, 5) is 8.99. The van der Waals surface area contributed by atoms with E-state index in [0.717, 1.165) is 29.7 Å². The van der Waals surface area contributed by atoms with E-state index in [2.05, 4.69) is 15.3 Å². The average molecular weight is 252 g/mol. The van der Waals surface area contributed by atoms with Crippen LogP contribution in [0, 0.1) is 12.8 Å². The Kier molecular flexibility index (Phi) is 2.95. The maximum absolute atomic E-state index is 6.16. The summed E-state index contributed by atoms with van der Waals surface area (Å²) in [6.45, 7) is 3.01. The second-order valence-corrected chi connectivity index (χ2v) is 5.66. The van der Waals surface area contributed by atoms with E-state index >= 15 is 0 Å². The van der Waals surface area contributed by atoms with Gasteiger partial charge in [0, 0.05) is 18.0 Å². The summed E-state index contributed by atoms with van der Waals surface area (Å²) >= 11 is 6.16. The summed E-state index contributed by atoms with van der Waals surface area (Å²) in [5, 5.41) is 4.05. The molecule has 0 saturated heterocycles. The van der Waals surface area contributed by atoms with Crippen molar-refractivity contribution in [2.24, 2.45) is 5.92 Å². The van der Waals surface area contributed by atoms with Crippen LogP contribution in [0.1, 0.15) is 49.4 Å². The summed E-state index contributed by atoms with van der Waals surface area (Å²) in [5.74, 6) is 3.25. The SMILES string of the molecule is Cc1c(Cl)nc(C2CC2)nc1NCC1CCC1. The lowest BCUT2D eigenvalue weighted by Crippen LogP contribution is -2.22. The van der Waals surface area contributed by atoms with Crippen molar-refractivity contribution in [3.05, 3.63) is 16.5 Å². The molecule has 2 aliphatic carbocycles. The predicted octanol–water partition coefficient (Wildman–Crippen LogP) is 3.53. The molecular formula is C13H18ClN3. The van der Waals surface area contributed by atoms with Crippen molar-refractivity contribution in [1.29, 1.82) is 0 Å². The minimum atomic E-state index is 0.553. The molecule has 1 N–H and O–H groups in total. The number of halogens is 1. The van der Waals surface area contributed by atoms with Crippen LogP contribution in [0.15, 0.2) is 0 Å². The summed E-state index contributed by atoms with van der Waals surface area (Å²) in [6, 6.07) is 0. The maximum atomic E-state index is 6.16. The van der Waals surface area contributed by atoms with Crippen LogP contribution in [0.25, 0.3) is 0 Å². The van der Waals surface area contributed by atoms with Crippen molar-refractivity contribution in [3.8, 4) is 0 Å². The molecule has 92 valence electrons. The van der Waals surface area contributed by atoms with E-state index in [-0.39, 0.29) is 0 Å². The summed E-state index contributed by atoms with van der Waals surface area (Å²) < 4.78 is 0. The largest absolute Gasteiger partial charge is 0.369 e. The van der Waals surface area contributed by atoms with Crippen molar-refractivity contribution in [2.75, 3.05) is 11.9 Å². The number of rotatable bonds is 4. The minimum Gasteiger partial charge on any atom is -0.369 e. The minimum absolute atomic E-state index is 0.553. The van der Waals surface area contributed by atoms with Crippen molar-refractivity contribution < 1.29 is 0 Å². The second-order valence-electron chi connectivity index (χ2n) is 5.30. The van der Waals surface area contributed by atoms with E-state index in [4.69, 9.17) is 11.6 Å². The highest BCUT2D eigenvalue weighted by Crippen LogP contribution is 2.39. The van der Waals surface area contributed by atoms with Gasteiger partial charge in [-0.15, -0.1) is 0 Å². The molecule has 0 bridgehead atoms. The Morgan fingerprint density at radius 1 is 1.24 bits per heavy atom. The number of nitrogens with zero attached hydrogens (tertiary/aromatic N) is 2. The van der Waals surface area contributed by atoms with Crippen LogP contribution in [0.2, 0.25) is 5.15 Å². The van der Waals surface area contributed by atoms with Crippen molar-refractivity contribution in [1.82, 2.24) is 9.97 Å². The Balaban J connectivity index is 1.75. The standard InChI is InChI=1S/C13H18ClN3/c1-8-11(14)16-13(10-5-6-10)17-12(8)15-7-9-3-2-4-9/h9-10H,2-7H2,1H3,(H,15,16,17). The van der Waals surface area contributed by atoms with E-state index in [9.17, 15) is 0 Å². The first-order valence-corrected chi connectivity index (χ1v) is 6.89. The number of aromatic nitrogens is 2. The zero-order chi connectivity index (χ0) is 11.8. The third kappa shape index (κ3) is 2.39. The zero-order valence-corrected chi connectivity index (χ0v) is 10.9. The Bertz CT molecular complexity index is 425. The van der Waals surface area contributed by atoms with Gasteiger partial charge in [-0.25, -0.2) is 9.97 Å². The number of hydrogen-bond donors (Lipinski definition) is 1. The van der Waals surface area contributed by atoms with Gasteiger partial charge in [-0.2, -0.15) is 0 Å². The lowest BCUT2D eigenvalue weighted by Gasteiger charge is -2.26. The van der Waals surface area contributed by atoms with Gasteiger partial charge in [0.2, 0.25) is 0 Å². The van der Waals surface area contributed by atoms with Gasteiger partial charge >= 0.3 is 0 Å². The lowest BCUT2D eigenvalue weighted by atomic mass is 9.85. The first kappa shape index (κ1) is 11.3. The van der Waals surface area contributed by atoms with Gasteiger partial charge in [0.05, 0.1) is 0 Å². The van der Waals surface area contributed by atoms with Gasteiger partial charge < -0.3 is 5.32 Å². The highest BCUT2D eigenvalue weighted by atomic mass is 35.5. The molecule has 0 radical (unpaired) electrons. The van der Waals surface area contributed by atoms with Crippen molar-refractivity contribution in [2.45, 2.75) is 44.9 Å². The third-order valence-electron chi connectivity index (χ3n) is 3.83. The first-order valence-electron chi connectivity index (χ1n) is 6.52. The van der Waals surface area contributed by atoms with Crippen LogP contribution in [-0.2, 0) is 0 Å². The zero-order valence-electron chi connectivity index (χ0n) is 10.2. The molecule has 0 atom stereocenters. The molecule has 0 unspecified atom stereocenters. The Labute approximate surface area is 107 Å². The van der Waals surface area contributed by atoms with Crippen LogP contribution in [0.5, 0.6) is 0 Å². The summed E-state index contributed by atoms with van der Waals surface area (Å²) in [6.07, 6.45) is 6.49. The fourth-order valence-electron chi connectivity index (χ4n) is 2.14. The van der Waals surface area contributed by atoms with Crippen LogP contribution in [0.4, 0.5) is 5.82 Å². The van der Waals surface area contributed by atoms with E-state index in [0.29, 0.717) is 11.1 Å². The number of hydrogen-bond acceptors (Lipinski definition) is 3. The molecule has 4 heteroatoms. The van der Waals surface area contributed by atoms with Gasteiger partial charge in [-0.3, -0.25) is 0 Å². The summed E-state index contributed by atoms with van der Waals surface area (Å²) in [5.41, 5.74) is 0.982. The molecule has 17 heavy (non-hydrogen) atoms. The molecule has 0 amide bonds. The molecule has 0 spiro atoms. The molecule has 3 nitrogen and oxygen atoms in total. The molecule has 2 fully saturated rings. The maximum Gasteiger partial charge on any atom is 0.137 e. The molecule has 2 aliphatic rings. The number of anilines is 1. The quantitative estimate of drug-likeness (QED) is 0.832. The fraction of sp³-hybridized carbons (Fsp3) is 0.692. The van der Waals surface area contributed by atoms with E-state index in [1.54, 1.807) is 0 Å². The average Bonchev–Trinajstić information content (AvgIpc) is 3.05. The highest BCUT2D eigenvalue weighted by molar-refractivity contribution is 6.30. The van der Waals surface area contributed by atoms with E-state index < -0.39 is 0 Å². The normalized spacial score (nSPS) is 20.1. The van der Waals surface area contributed by atoms with Crippen LogP contribution in [0.3, 0.4) is 0 Å². The fourth-order valence-corrected chi connectivity index (χ4v) is 2.32. The number of nitrogens with one attached hydrogen (secondary N) is 1. The molecule has 1 aromatic heterocycles. The van der Waals surface area contributed by atoms with Crippen molar-refractivity contribution in [3.63, 3.8) is 0 Å². The predicted molar refractivity (Wildman–Crippen MR) is 69.6 cm³/mol. The van der Waals surface area contributed by atoms with E-state index in [1.807, 2.05) is 6.92 Å². The Morgan fingerprint density at radius 3 is 2.59 bits per heavy atom. The van der Waals surface area contributed by atoms with Crippen LogP contribution < -0.4 is 5.32 Å². The highest BCUT2D eigenvalue weighted by Gasteiger charge is 2.28. The second kappa shape index (κ2) is 4.45.